The lowest BCUT2D eigenvalue weighted by molar-refractivity contribution is -0.318. The maximum Gasteiger partial charge on any atom is 0.311 e. The van der Waals surface area contributed by atoms with Crippen molar-refractivity contribution in [2.24, 2.45) is 53.3 Å². The number of esters is 2. The van der Waals surface area contributed by atoms with Crippen molar-refractivity contribution in [2.45, 2.75) is 333 Å². The molecule has 0 bridgehead atoms. The molecule has 0 unspecified atom stereocenters. The number of Topliss-reactive ketones (excluding diaryl/α,β-unsaturated/α-hetero) is 2. The van der Waals surface area contributed by atoms with Crippen LogP contribution in [-0.4, -0.2) is 287 Å². The van der Waals surface area contributed by atoms with Crippen LogP contribution in [0.15, 0.2) is 0 Å². The van der Waals surface area contributed by atoms with Crippen molar-refractivity contribution >= 4 is 23.5 Å². The van der Waals surface area contributed by atoms with Gasteiger partial charge in [0.05, 0.1) is 96.8 Å². The topological polar surface area (TPSA) is 360 Å². The molecule has 1 spiro atoms. The summed E-state index contributed by atoms with van der Waals surface area (Å²) in [6.45, 7) is 31.0. The molecule has 8 N–H and O–H groups in total. The van der Waals surface area contributed by atoms with Gasteiger partial charge < -0.3 is 112 Å². The maximum atomic E-state index is 14.1. The maximum absolute atomic E-state index is 14.1. The van der Waals surface area contributed by atoms with Gasteiger partial charge in [0.2, 0.25) is 0 Å². The number of methoxy groups -OCH3 is 2. The molecule has 576 valence electrons. The first-order valence-corrected chi connectivity index (χ1v) is 36.2. The Labute approximate surface area is 588 Å². The van der Waals surface area contributed by atoms with E-state index in [4.69, 9.17) is 61.6 Å². The van der Waals surface area contributed by atoms with Gasteiger partial charge in [-0.3, -0.25) is 19.2 Å². The van der Waals surface area contributed by atoms with Gasteiger partial charge in [-0.25, -0.2) is 0 Å². The van der Waals surface area contributed by atoms with E-state index in [2.05, 4.69) is 0 Å². The second-order valence-electron chi connectivity index (χ2n) is 31.8. The first-order valence-electron chi connectivity index (χ1n) is 36.2. The molecule has 7 aliphatic rings. The largest absolute Gasteiger partial charge is 0.462 e. The van der Waals surface area contributed by atoms with Crippen molar-refractivity contribution in [3.8, 4) is 0 Å². The van der Waals surface area contributed by atoms with Crippen molar-refractivity contribution in [1.82, 2.24) is 9.80 Å². The van der Waals surface area contributed by atoms with E-state index in [0.29, 0.717) is 12.8 Å². The molecule has 0 aromatic carbocycles. The van der Waals surface area contributed by atoms with E-state index in [9.17, 15) is 60.0 Å². The number of aliphatic hydroxyl groups excluding tert-OH is 6. The number of ether oxygens (including phenoxy) is 13. The van der Waals surface area contributed by atoms with Crippen LogP contribution >= 0.6 is 0 Å². The van der Waals surface area contributed by atoms with Crippen LogP contribution in [0, 0.1) is 53.3 Å². The summed E-state index contributed by atoms with van der Waals surface area (Å²) in [5.41, 5.74) is -5.93. The van der Waals surface area contributed by atoms with Gasteiger partial charge in [0.15, 0.2) is 36.5 Å². The molecular formula is C72H128N2O25. The Balaban J connectivity index is 0.000000313. The van der Waals surface area contributed by atoms with Crippen LogP contribution in [0.5, 0.6) is 0 Å². The number of aliphatic hydroxyl groups is 8. The molecule has 99 heavy (non-hydrogen) atoms. The number of cyclic esters (lactones) is 2. The summed E-state index contributed by atoms with van der Waals surface area (Å²) in [6, 6.07) is -0.542. The number of nitrogens with zero attached hydrogens (tertiary/aromatic N) is 2. The highest BCUT2D eigenvalue weighted by atomic mass is 16.7. The second-order valence-corrected chi connectivity index (χ2v) is 31.8. The van der Waals surface area contributed by atoms with Crippen molar-refractivity contribution < 1.29 is 122 Å². The zero-order valence-corrected chi connectivity index (χ0v) is 63.5. The molecule has 36 atom stereocenters. The molecule has 0 amide bonds. The molecule has 7 aliphatic heterocycles. The number of ketones is 2. The standard InChI is InChI=1S/C37H67NO13.C35H61NO12/c1-14-25-37(10,45)30(41)20(4)27(39)18(2)16-35(8,44)32(51-34-28(40)24(38(11)12)15-19(3)47-34)21(5)29(22(6)33(43)49-25)50-26-17-36(9,46-13)31(42)23(7)48-26;1-16-14-35(15-43-35)32(40)19(4)27(37)18(3)22(7)46-33(41)21(6)31(47-26-13-25(42-11)28(38)23(8)45-26)20(5)30(16)48-34-29(39)24(36(9)10)12-17(2)44-34/h18-26,28-32,34,40-42,44-45H,14-17H2,1-13H3;16-31,34,37-39H,12-15H2,1-11H3/t18-,19-,20+,21+,22-,23+,24+,25-,26+,28-,29+,30-,31+,32-,34+,35-,36-,37-;16-,17+,18-,19+,20+,21+,22+,23-,24-,25-,26-,27-,28-,29+,30-,31-,34-,35-/m10/s1. The van der Waals surface area contributed by atoms with Crippen LogP contribution in [-0.2, 0) is 80.8 Å². The summed E-state index contributed by atoms with van der Waals surface area (Å²) in [5.74, 6) is -8.72. The summed E-state index contributed by atoms with van der Waals surface area (Å²) in [6.07, 6.45) is -16.9. The summed E-state index contributed by atoms with van der Waals surface area (Å²) >= 11 is 0. The molecule has 0 aliphatic carbocycles. The molecule has 0 radical (unpaired) electrons. The van der Waals surface area contributed by atoms with Crippen LogP contribution in [0.2, 0.25) is 0 Å². The predicted octanol–water partition coefficient (Wildman–Crippen LogP) is 3.69. The molecule has 27 heteroatoms. The highest BCUT2D eigenvalue weighted by molar-refractivity contribution is 5.92. The van der Waals surface area contributed by atoms with E-state index in [1.807, 2.05) is 65.7 Å². The molecule has 7 rings (SSSR count). The molecule has 0 saturated carbocycles. The lowest BCUT2D eigenvalue weighted by Gasteiger charge is -2.49. The first-order chi connectivity index (χ1) is 45.8. The fourth-order valence-corrected chi connectivity index (χ4v) is 16.3. The van der Waals surface area contributed by atoms with Crippen LogP contribution in [0.3, 0.4) is 0 Å². The second kappa shape index (κ2) is 34.8. The van der Waals surface area contributed by atoms with Gasteiger partial charge in [-0.05, 0) is 135 Å². The fraction of sp³-hybridized carbons (Fsp3) is 0.944. The van der Waals surface area contributed by atoms with Crippen LogP contribution in [0.4, 0.5) is 0 Å². The van der Waals surface area contributed by atoms with Gasteiger partial charge in [0.1, 0.15) is 48.0 Å². The third-order valence-electron chi connectivity index (χ3n) is 23.2. The SMILES string of the molecule is CC[C@H]1OC(=O)[C@H](C)[C@@H](O[C@H]2C[C@@](C)(OC)[C@@H](O)[C@H](C)O2)[C@H](C)[C@@H](O[C@@H]2O[C@H](C)C[C@H](N(C)C)[C@H]2O)[C@](C)(O)C[C@@H](C)C(=O)[C@H](C)[C@@H](O)[C@]1(C)O.CO[C@H]1C[C@H](O[C@H]2[C@H](C)[C@@H](O[C@@H]3O[C@H](C)C[C@H](N(C)C)[C@H]3O)[C@@H](C)C[C@]3(CO3)C(=O)[C@H](C)[C@@H](O)[C@@H](C)[C@@H](C)OC(=O)[C@@H]2C)O[C@@H](C)[C@@H]1O. The number of likely N-dealkylation sites (N-methyl/N-ethyl adjacent to an activating group) is 2. The van der Waals surface area contributed by atoms with Crippen molar-refractivity contribution in [2.75, 3.05) is 49.0 Å². The van der Waals surface area contributed by atoms with E-state index in [0.717, 1.165) is 0 Å². The fourth-order valence-electron chi connectivity index (χ4n) is 16.3. The third kappa shape index (κ3) is 19.6. The lowest BCUT2D eigenvalue weighted by Crippen LogP contribution is -2.61. The predicted molar refractivity (Wildman–Crippen MR) is 360 cm³/mol. The molecule has 0 aromatic rings. The van der Waals surface area contributed by atoms with Gasteiger partial charge in [-0.2, -0.15) is 0 Å². The minimum absolute atomic E-state index is 0.0936. The first kappa shape index (κ1) is 85.4. The molecular weight excluding hydrogens is 1290 g/mol. The molecule has 0 aromatic heterocycles. The van der Waals surface area contributed by atoms with Gasteiger partial charge in [0, 0.05) is 74.7 Å². The van der Waals surface area contributed by atoms with Crippen molar-refractivity contribution in [1.29, 1.82) is 0 Å². The van der Waals surface area contributed by atoms with E-state index < -0.39 is 204 Å². The van der Waals surface area contributed by atoms with Gasteiger partial charge in [0.25, 0.3) is 0 Å². The molecule has 27 nitrogen and oxygen atoms in total. The molecule has 7 fully saturated rings. The number of hydrogen-bond donors (Lipinski definition) is 8. The summed E-state index contributed by atoms with van der Waals surface area (Å²) < 4.78 is 80.1. The minimum atomic E-state index is -1.99. The monoisotopic (exact) mass is 1420 g/mol. The zero-order valence-electron chi connectivity index (χ0n) is 63.5. The highest BCUT2D eigenvalue weighted by Gasteiger charge is 2.59. The normalized spacial score (nSPS) is 49.8. The number of rotatable bonds is 13. The van der Waals surface area contributed by atoms with Crippen LogP contribution in [0.25, 0.3) is 0 Å². The summed E-state index contributed by atoms with van der Waals surface area (Å²) in [5, 5.41) is 90.9. The molecule has 7 heterocycles. The quantitative estimate of drug-likeness (QED) is 0.0962. The zero-order chi connectivity index (χ0) is 74.8. The van der Waals surface area contributed by atoms with Gasteiger partial charge in [-0.1, -0.05) is 55.4 Å². The number of carbonyl (C=O) groups excluding carboxylic acids is 4. The average molecular weight is 1420 g/mol. The molecule has 7 saturated heterocycles. The number of carbonyl (C=O) groups is 4. The van der Waals surface area contributed by atoms with Crippen LogP contribution < -0.4 is 0 Å². The number of hydrogen-bond acceptors (Lipinski definition) is 27. The average Bonchev–Trinajstić information content (AvgIpc) is 1.53. The van der Waals surface area contributed by atoms with E-state index in [1.54, 1.807) is 76.2 Å². The Morgan fingerprint density at radius 1 is 0.525 bits per heavy atom. The van der Waals surface area contributed by atoms with E-state index in [-0.39, 0.29) is 74.7 Å². The summed E-state index contributed by atoms with van der Waals surface area (Å²) in [7, 11) is 10.5. The highest BCUT2D eigenvalue weighted by Crippen LogP contribution is 2.45. The lowest BCUT2D eigenvalue weighted by atomic mass is 9.74. The number of epoxide rings is 1. The van der Waals surface area contributed by atoms with Gasteiger partial charge >= 0.3 is 11.9 Å². The smallest absolute Gasteiger partial charge is 0.311 e. The van der Waals surface area contributed by atoms with E-state index >= 15 is 0 Å². The Bertz CT molecular complexity index is 2600. The Morgan fingerprint density at radius 2 is 1.03 bits per heavy atom. The Kier molecular flexibility index (Phi) is 30.0. The Hall–Kier alpha value is -2.56. The van der Waals surface area contributed by atoms with Crippen LogP contribution in [0.1, 0.15) is 170 Å². The summed E-state index contributed by atoms with van der Waals surface area (Å²) in [4.78, 5) is 59.4. The van der Waals surface area contributed by atoms with E-state index in [1.165, 1.54) is 35.0 Å². The Morgan fingerprint density at radius 3 is 1.54 bits per heavy atom. The third-order valence-corrected chi connectivity index (χ3v) is 23.2. The van der Waals surface area contributed by atoms with Crippen molar-refractivity contribution in [3.05, 3.63) is 0 Å². The van der Waals surface area contributed by atoms with Crippen molar-refractivity contribution in [3.63, 3.8) is 0 Å². The van der Waals surface area contributed by atoms with Gasteiger partial charge in [-0.15, -0.1) is 0 Å². The minimum Gasteiger partial charge on any atom is -0.462 e.